The van der Waals surface area contributed by atoms with Gasteiger partial charge >= 0.3 is 6.09 Å². The van der Waals surface area contributed by atoms with Crippen molar-refractivity contribution < 1.29 is 9.53 Å². The van der Waals surface area contributed by atoms with Crippen molar-refractivity contribution in [3.8, 4) is 0 Å². The highest BCUT2D eigenvalue weighted by Gasteiger charge is 2.15. The molecule has 23 heavy (non-hydrogen) atoms. The van der Waals surface area contributed by atoms with Gasteiger partial charge in [-0.25, -0.2) is 4.79 Å². The van der Waals surface area contributed by atoms with Gasteiger partial charge in [0.25, 0.3) is 0 Å². The fourth-order valence-corrected chi connectivity index (χ4v) is 2.16. The Hall–Kier alpha value is -2.50. The topological polar surface area (TPSA) is 89.3 Å². The number of hydrogen-bond acceptors (Lipinski definition) is 5. The number of aromatic nitrogens is 1. The van der Waals surface area contributed by atoms with Gasteiger partial charge in [0.05, 0.1) is 11.2 Å². The fraction of sp³-hybridized carbons (Fsp3) is 0.412. The second kappa shape index (κ2) is 7.17. The minimum Gasteiger partial charge on any atom is -0.444 e. The minimum absolute atomic E-state index is 0.389. The van der Waals surface area contributed by atoms with Crippen LogP contribution in [0.4, 0.5) is 16.2 Å². The van der Waals surface area contributed by atoms with Crippen LogP contribution >= 0.6 is 0 Å². The number of pyridine rings is 1. The van der Waals surface area contributed by atoms with Crippen molar-refractivity contribution in [3.63, 3.8) is 0 Å². The third-order valence-electron chi connectivity index (χ3n) is 3.14. The quantitative estimate of drug-likeness (QED) is 0.582. The summed E-state index contributed by atoms with van der Waals surface area (Å²) in [6, 6.07) is 7.66. The summed E-state index contributed by atoms with van der Waals surface area (Å²) in [6.45, 7) is 6.80. The number of anilines is 2. The van der Waals surface area contributed by atoms with Crippen LogP contribution in [0.25, 0.3) is 10.9 Å². The molecule has 6 nitrogen and oxygen atoms in total. The second-order valence-corrected chi connectivity index (χ2v) is 6.31. The third kappa shape index (κ3) is 5.02. The van der Waals surface area contributed by atoms with Gasteiger partial charge in [-0.2, -0.15) is 0 Å². The molecule has 0 saturated heterocycles. The molecular formula is C17H24N4O2. The Kier molecular flexibility index (Phi) is 5.26. The number of nitrogen functional groups attached to an aromatic ring is 1. The van der Waals surface area contributed by atoms with Crippen LogP contribution in [-0.2, 0) is 4.74 Å². The summed E-state index contributed by atoms with van der Waals surface area (Å²) in [4.78, 5) is 15.8. The van der Waals surface area contributed by atoms with Crippen LogP contribution in [0.1, 0.15) is 27.2 Å². The molecule has 124 valence electrons. The van der Waals surface area contributed by atoms with Gasteiger partial charge in [0, 0.05) is 30.4 Å². The average Bonchev–Trinajstić information content (AvgIpc) is 2.47. The van der Waals surface area contributed by atoms with Gasteiger partial charge < -0.3 is 21.1 Å². The third-order valence-corrected chi connectivity index (χ3v) is 3.14. The predicted octanol–water partition coefficient (Wildman–Crippen LogP) is 3.14. The summed E-state index contributed by atoms with van der Waals surface area (Å²) in [6.07, 6.45) is 2.12. The minimum atomic E-state index is -0.474. The molecular weight excluding hydrogens is 292 g/mol. The number of nitrogens with two attached hydrogens (primary N) is 1. The number of ether oxygens (including phenoxy) is 1. The monoisotopic (exact) mass is 316 g/mol. The molecule has 0 fully saturated rings. The van der Waals surface area contributed by atoms with Gasteiger partial charge in [0.1, 0.15) is 5.60 Å². The summed E-state index contributed by atoms with van der Waals surface area (Å²) in [5.41, 5.74) is 7.91. The Morgan fingerprint density at radius 3 is 2.78 bits per heavy atom. The smallest absolute Gasteiger partial charge is 0.407 e. The zero-order valence-corrected chi connectivity index (χ0v) is 13.8. The van der Waals surface area contributed by atoms with Crippen LogP contribution in [0.15, 0.2) is 30.5 Å². The summed E-state index contributed by atoms with van der Waals surface area (Å²) < 4.78 is 5.18. The number of hydrogen-bond donors (Lipinski definition) is 3. The summed E-state index contributed by atoms with van der Waals surface area (Å²) in [5.74, 6) is 0. The number of carbonyl (C=O) groups excluding carboxylic acids is 1. The first-order chi connectivity index (χ1) is 10.9. The maximum absolute atomic E-state index is 11.5. The molecule has 0 spiro atoms. The van der Waals surface area contributed by atoms with Gasteiger partial charge in [-0.1, -0.05) is 0 Å². The highest BCUT2D eigenvalue weighted by atomic mass is 16.6. The number of fused-ring (bicyclic) bond motifs is 1. The Balaban J connectivity index is 1.81. The molecule has 0 atom stereocenters. The number of carbonyl (C=O) groups is 1. The van der Waals surface area contributed by atoms with Gasteiger partial charge in [-0.3, -0.25) is 4.98 Å². The molecule has 2 aromatic rings. The number of nitrogens with one attached hydrogen (secondary N) is 2. The average molecular weight is 316 g/mol. The molecule has 0 aliphatic rings. The van der Waals surface area contributed by atoms with E-state index in [2.05, 4.69) is 15.6 Å². The molecule has 0 radical (unpaired) electrons. The lowest BCUT2D eigenvalue weighted by Crippen LogP contribution is -2.33. The van der Waals surface area contributed by atoms with E-state index in [1.807, 2.05) is 45.0 Å². The molecule has 0 saturated carbocycles. The first-order valence-electron chi connectivity index (χ1n) is 7.71. The van der Waals surface area contributed by atoms with Crippen molar-refractivity contribution in [1.29, 1.82) is 0 Å². The Labute approximate surface area is 136 Å². The molecule has 2 rings (SSSR count). The lowest BCUT2D eigenvalue weighted by Gasteiger charge is -2.19. The van der Waals surface area contributed by atoms with E-state index in [1.165, 1.54) is 0 Å². The molecule has 1 heterocycles. The normalized spacial score (nSPS) is 11.3. The van der Waals surface area contributed by atoms with E-state index in [0.717, 1.165) is 29.6 Å². The zero-order valence-electron chi connectivity index (χ0n) is 13.8. The number of benzene rings is 1. The SMILES string of the molecule is CC(C)(C)OC(=O)NCCCNc1ccc(N)c2ncccc12. The van der Waals surface area contributed by atoms with E-state index in [4.69, 9.17) is 10.5 Å². The predicted molar refractivity (Wildman–Crippen MR) is 93.5 cm³/mol. The van der Waals surface area contributed by atoms with E-state index >= 15 is 0 Å². The van der Waals surface area contributed by atoms with Gasteiger partial charge in [0.15, 0.2) is 0 Å². The summed E-state index contributed by atoms with van der Waals surface area (Å²) in [7, 11) is 0. The molecule has 1 amide bonds. The Morgan fingerprint density at radius 1 is 1.26 bits per heavy atom. The van der Waals surface area contributed by atoms with Crippen LogP contribution < -0.4 is 16.4 Å². The van der Waals surface area contributed by atoms with Crippen molar-refractivity contribution in [3.05, 3.63) is 30.5 Å². The van der Waals surface area contributed by atoms with Crippen molar-refractivity contribution in [2.45, 2.75) is 32.8 Å². The number of rotatable bonds is 5. The van der Waals surface area contributed by atoms with Crippen LogP contribution in [0, 0.1) is 0 Å². The van der Waals surface area contributed by atoms with Gasteiger partial charge in [-0.15, -0.1) is 0 Å². The first kappa shape index (κ1) is 16.9. The van der Waals surface area contributed by atoms with Crippen molar-refractivity contribution >= 4 is 28.4 Å². The molecule has 1 aromatic carbocycles. The van der Waals surface area contributed by atoms with Crippen LogP contribution in [-0.4, -0.2) is 29.8 Å². The first-order valence-corrected chi connectivity index (χ1v) is 7.71. The van der Waals surface area contributed by atoms with E-state index in [1.54, 1.807) is 6.20 Å². The number of amides is 1. The maximum Gasteiger partial charge on any atom is 0.407 e. The zero-order chi connectivity index (χ0) is 16.9. The molecule has 0 bridgehead atoms. The molecule has 0 aliphatic carbocycles. The van der Waals surface area contributed by atoms with Crippen molar-refractivity contribution in [2.24, 2.45) is 0 Å². The highest BCUT2D eigenvalue weighted by molar-refractivity contribution is 5.98. The van der Waals surface area contributed by atoms with Crippen molar-refractivity contribution in [1.82, 2.24) is 10.3 Å². The van der Waals surface area contributed by atoms with E-state index < -0.39 is 5.60 Å². The van der Waals surface area contributed by atoms with Crippen molar-refractivity contribution in [2.75, 3.05) is 24.1 Å². The van der Waals surface area contributed by atoms with Gasteiger partial charge in [-0.05, 0) is 51.5 Å². The van der Waals surface area contributed by atoms with Gasteiger partial charge in [0.2, 0.25) is 0 Å². The lowest BCUT2D eigenvalue weighted by molar-refractivity contribution is 0.0528. The second-order valence-electron chi connectivity index (χ2n) is 6.31. The largest absolute Gasteiger partial charge is 0.444 e. The molecule has 0 aliphatic heterocycles. The highest BCUT2D eigenvalue weighted by Crippen LogP contribution is 2.26. The van der Waals surface area contributed by atoms with E-state index in [0.29, 0.717) is 12.2 Å². The summed E-state index contributed by atoms with van der Waals surface area (Å²) >= 11 is 0. The molecule has 1 aromatic heterocycles. The number of nitrogens with zero attached hydrogens (tertiary/aromatic N) is 1. The Bertz CT molecular complexity index is 680. The Morgan fingerprint density at radius 2 is 2.04 bits per heavy atom. The molecule has 0 unspecified atom stereocenters. The maximum atomic E-state index is 11.5. The van der Waals surface area contributed by atoms with Crippen LogP contribution in [0.3, 0.4) is 0 Å². The standard InChI is InChI=1S/C17H24N4O2/c1-17(2,3)23-16(22)21-11-5-10-19-14-8-7-13(18)15-12(14)6-4-9-20-15/h4,6-9,19H,5,10-11,18H2,1-3H3,(H,21,22). The fourth-order valence-electron chi connectivity index (χ4n) is 2.16. The lowest BCUT2D eigenvalue weighted by atomic mass is 10.1. The molecule has 4 N–H and O–H groups in total. The van der Waals surface area contributed by atoms with Crippen LogP contribution in [0.5, 0.6) is 0 Å². The van der Waals surface area contributed by atoms with Crippen LogP contribution in [0.2, 0.25) is 0 Å². The van der Waals surface area contributed by atoms with E-state index in [-0.39, 0.29) is 6.09 Å². The van der Waals surface area contributed by atoms with E-state index in [9.17, 15) is 4.79 Å². The number of alkyl carbamates (subject to hydrolysis) is 1. The molecule has 6 heteroatoms. The summed E-state index contributed by atoms with van der Waals surface area (Å²) in [5, 5.41) is 7.08.